The third-order valence-electron chi connectivity index (χ3n) is 3.31. The highest BCUT2D eigenvalue weighted by molar-refractivity contribution is 5.38. The van der Waals surface area contributed by atoms with Crippen LogP contribution in [0.2, 0.25) is 0 Å². The predicted octanol–water partition coefficient (Wildman–Crippen LogP) is 4.07. The van der Waals surface area contributed by atoms with E-state index in [2.05, 4.69) is 0 Å². The van der Waals surface area contributed by atoms with Crippen molar-refractivity contribution in [3.05, 3.63) is 64.5 Å². The quantitative estimate of drug-likeness (QED) is 0.910. The zero-order valence-electron chi connectivity index (χ0n) is 12.0. The molecule has 0 aliphatic rings. The Balaban J connectivity index is 2.20. The van der Waals surface area contributed by atoms with Crippen LogP contribution >= 0.6 is 0 Å². The molecule has 2 nitrogen and oxygen atoms in total. The predicted molar refractivity (Wildman–Crippen MR) is 77.3 cm³/mol. The van der Waals surface area contributed by atoms with E-state index in [0.29, 0.717) is 5.75 Å². The smallest absolute Gasteiger partial charge is 0.125 e. The van der Waals surface area contributed by atoms with Crippen LogP contribution in [0.4, 0.5) is 4.39 Å². The first kappa shape index (κ1) is 14.5. The minimum absolute atomic E-state index is 0.270. The molecule has 0 saturated carbocycles. The van der Waals surface area contributed by atoms with Gasteiger partial charge < -0.3 is 9.84 Å². The summed E-state index contributed by atoms with van der Waals surface area (Å²) in [5, 5.41) is 9.78. The SMILES string of the molecule is Cc1ccc(OCc2cc(F)ccc2C)c(C(C)O)c1. The van der Waals surface area contributed by atoms with Gasteiger partial charge in [-0.25, -0.2) is 4.39 Å². The van der Waals surface area contributed by atoms with E-state index in [9.17, 15) is 9.50 Å². The van der Waals surface area contributed by atoms with Gasteiger partial charge in [0, 0.05) is 5.56 Å². The molecular weight excluding hydrogens is 255 g/mol. The largest absolute Gasteiger partial charge is 0.489 e. The third-order valence-corrected chi connectivity index (χ3v) is 3.31. The third kappa shape index (κ3) is 3.36. The summed E-state index contributed by atoms with van der Waals surface area (Å²) < 4.78 is 19.0. The van der Waals surface area contributed by atoms with E-state index in [1.807, 2.05) is 32.0 Å². The highest BCUT2D eigenvalue weighted by atomic mass is 19.1. The number of hydrogen-bond donors (Lipinski definition) is 1. The monoisotopic (exact) mass is 274 g/mol. The summed E-state index contributed by atoms with van der Waals surface area (Å²) in [6.07, 6.45) is -0.599. The topological polar surface area (TPSA) is 29.5 Å². The van der Waals surface area contributed by atoms with Crippen LogP contribution in [-0.2, 0) is 6.61 Å². The average Bonchev–Trinajstić information content (AvgIpc) is 2.40. The Labute approximate surface area is 118 Å². The Morgan fingerprint density at radius 2 is 1.90 bits per heavy atom. The number of aliphatic hydroxyl groups excluding tert-OH is 1. The van der Waals surface area contributed by atoms with Crippen LogP contribution in [-0.4, -0.2) is 5.11 Å². The highest BCUT2D eigenvalue weighted by Crippen LogP contribution is 2.27. The van der Waals surface area contributed by atoms with Crippen LogP contribution in [0.5, 0.6) is 5.75 Å². The summed E-state index contributed by atoms with van der Waals surface area (Å²) in [6.45, 7) is 5.87. The molecule has 106 valence electrons. The van der Waals surface area contributed by atoms with Crippen molar-refractivity contribution in [3.8, 4) is 5.75 Å². The second-order valence-corrected chi connectivity index (χ2v) is 5.08. The second kappa shape index (κ2) is 6.06. The van der Waals surface area contributed by atoms with Crippen LogP contribution in [0.3, 0.4) is 0 Å². The summed E-state index contributed by atoms with van der Waals surface area (Å²) in [4.78, 5) is 0. The molecule has 3 heteroatoms. The van der Waals surface area contributed by atoms with E-state index in [0.717, 1.165) is 22.3 Å². The van der Waals surface area contributed by atoms with Crippen LogP contribution in [0.15, 0.2) is 36.4 Å². The summed E-state index contributed by atoms with van der Waals surface area (Å²) >= 11 is 0. The number of halogens is 1. The van der Waals surface area contributed by atoms with Crippen molar-refractivity contribution in [2.45, 2.75) is 33.5 Å². The minimum Gasteiger partial charge on any atom is -0.489 e. The zero-order valence-corrected chi connectivity index (χ0v) is 12.0. The molecule has 0 heterocycles. The lowest BCUT2D eigenvalue weighted by atomic mass is 10.1. The van der Waals surface area contributed by atoms with Gasteiger partial charge in [0.15, 0.2) is 0 Å². The van der Waals surface area contributed by atoms with Crippen molar-refractivity contribution in [1.82, 2.24) is 0 Å². The van der Waals surface area contributed by atoms with E-state index in [-0.39, 0.29) is 12.4 Å². The zero-order chi connectivity index (χ0) is 14.7. The molecule has 1 unspecified atom stereocenters. The molecule has 0 saturated heterocycles. The Bertz CT molecular complexity index is 606. The molecular formula is C17H19FO2. The number of hydrogen-bond acceptors (Lipinski definition) is 2. The molecule has 0 aliphatic heterocycles. The fourth-order valence-electron chi connectivity index (χ4n) is 2.08. The standard InChI is InChI=1S/C17H19FO2/c1-11-4-7-17(16(8-11)13(3)19)20-10-14-9-15(18)6-5-12(14)2/h4-9,13,19H,10H2,1-3H3. The van der Waals surface area contributed by atoms with Gasteiger partial charge >= 0.3 is 0 Å². The van der Waals surface area contributed by atoms with Crippen molar-refractivity contribution in [2.75, 3.05) is 0 Å². The Hall–Kier alpha value is -1.87. The summed E-state index contributed by atoms with van der Waals surface area (Å²) in [5.74, 6) is 0.364. The van der Waals surface area contributed by atoms with Crippen LogP contribution in [0, 0.1) is 19.7 Å². The normalized spacial score (nSPS) is 12.2. The maximum Gasteiger partial charge on any atom is 0.125 e. The van der Waals surface area contributed by atoms with E-state index in [4.69, 9.17) is 4.74 Å². The lowest BCUT2D eigenvalue weighted by Gasteiger charge is -2.15. The summed E-state index contributed by atoms with van der Waals surface area (Å²) in [5.41, 5.74) is 3.61. The summed E-state index contributed by atoms with van der Waals surface area (Å²) in [7, 11) is 0. The molecule has 0 amide bonds. The Morgan fingerprint density at radius 1 is 1.15 bits per heavy atom. The van der Waals surface area contributed by atoms with Gasteiger partial charge in [0.05, 0.1) is 6.10 Å². The first-order valence-electron chi connectivity index (χ1n) is 6.64. The molecule has 0 bridgehead atoms. The maximum atomic E-state index is 13.2. The van der Waals surface area contributed by atoms with Crippen molar-refractivity contribution < 1.29 is 14.2 Å². The number of ether oxygens (including phenoxy) is 1. The van der Waals surface area contributed by atoms with Crippen molar-refractivity contribution >= 4 is 0 Å². The molecule has 2 aromatic carbocycles. The molecule has 2 rings (SSSR count). The number of aryl methyl sites for hydroxylation is 2. The van der Waals surface area contributed by atoms with Gasteiger partial charge in [0.25, 0.3) is 0 Å². The first-order valence-corrected chi connectivity index (χ1v) is 6.64. The second-order valence-electron chi connectivity index (χ2n) is 5.08. The fourth-order valence-corrected chi connectivity index (χ4v) is 2.08. The molecule has 0 aliphatic carbocycles. The number of aliphatic hydroxyl groups is 1. The van der Waals surface area contributed by atoms with Gasteiger partial charge in [-0.05, 0) is 56.2 Å². The van der Waals surface area contributed by atoms with Gasteiger partial charge in [-0.3, -0.25) is 0 Å². The Kier molecular flexibility index (Phi) is 4.40. The van der Waals surface area contributed by atoms with E-state index in [1.165, 1.54) is 12.1 Å². The van der Waals surface area contributed by atoms with Gasteiger partial charge in [0.1, 0.15) is 18.2 Å². The van der Waals surface area contributed by atoms with Gasteiger partial charge in [-0.1, -0.05) is 17.7 Å². The van der Waals surface area contributed by atoms with Crippen molar-refractivity contribution in [1.29, 1.82) is 0 Å². The first-order chi connectivity index (χ1) is 9.47. The molecule has 1 N–H and O–H groups in total. The van der Waals surface area contributed by atoms with Crippen LogP contribution < -0.4 is 4.74 Å². The number of benzene rings is 2. The van der Waals surface area contributed by atoms with Crippen molar-refractivity contribution in [2.24, 2.45) is 0 Å². The molecule has 20 heavy (non-hydrogen) atoms. The van der Waals surface area contributed by atoms with Gasteiger partial charge in [-0.15, -0.1) is 0 Å². The van der Waals surface area contributed by atoms with Gasteiger partial charge in [-0.2, -0.15) is 0 Å². The summed E-state index contributed by atoms with van der Waals surface area (Å²) in [6, 6.07) is 10.3. The van der Waals surface area contributed by atoms with E-state index >= 15 is 0 Å². The molecule has 0 fully saturated rings. The van der Waals surface area contributed by atoms with Gasteiger partial charge in [0.2, 0.25) is 0 Å². The average molecular weight is 274 g/mol. The molecule has 0 spiro atoms. The maximum absolute atomic E-state index is 13.2. The van der Waals surface area contributed by atoms with E-state index < -0.39 is 6.10 Å². The molecule has 0 radical (unpaired) electrons. The lowest BCUT2D eigenvalue weighted by Crippen LogP contribution is -2.03. The lowest BCUT2D eigenvalue weighted by molar-refractivity contribution is 0.190. The molecule has 2 aromatic rings. The highest BCUT2D eigenvalue weighted by Gasteiger charge is 2.10. The Morgan fingerprint density at radius 3 is 2.60 bits per heavy atom. The molecule has 0 aromatic heterocycles. The fraction of sp³-hybridized carbons (Fsp3) is 0.294. The van der Waals surface area contributed by atoms with Crippen molar-refractivity contribution in [3.63, 3.8) is 0 Å². The van der Waals surface area contributed by atoms with Crippen LogP contribution in [0.1, 0.15) is 35.3 Å². The van der Waals surface area contributed by atoms with E-state index in [1.54, 1.807) is 13.0 Å². The number of rotatable bonds is 4. The minimum atomic E-state index is -0.599. The van der Waals surface area contributed by atoms with Crippen LogP contribution in [0.25, 0.3) is 0 Å². The molecule has 1 atom stereocenters.